The highest BCUT2D eigenvalue weighted by Crippen LogP contribution is 2.37. The third-order valence-electron chi connectivity index (χ3n) is 3.35. The zero-order chi connectivity index (χ0) is 18.8. The lowest BCUT2D eigenvalue weighted by Crippen LogP contribution is -2.23. The SMILES string of the molecule is CN(C)C(=Nc1c(Br)cccc1C=O)c1ccc(O)c(C(F)(F)F)c1. The Balaban J connectivity index is 2.67. The largest absolute Gasteiger partial charge is 0.507 e. The van der Waals surface area contributed by atoms with E-state index in [4.69, 9.17) is 0 Å². The summed E-state index contributed by atoms with van der Waals surface area (Å²) in [4.78, 5) is 17.1. The molecule has 0 aliphatic carbocycles. The van der Waals surface area contributed by atoms with E-state index in [0.29, 0.717) is 22.0 Å². The third-order valence-corrected chi connectivity index (χ3v) is 3.99. The molecule has 0 aliphatic rings. The van der Waals surface area contributed by atoms with Crippen LogP contribution in [0, 0.1) is 0 Å². The van der Waals surface area contributed by atoms with E-state index in [2.05, 4.69) is 20.9 Å². The number of alkyl halides is 3. The molecular formula is C17H14BrF3N2O2. The molecule has 2 aromatic rings. The van der Waals surface area contributed by atoms with E-state index in [9.17, 15) is 23.1 Å². The molecule has 0 amide bonds. The molecule has 0 aliphatic heterocycles. The summed E-state index contributed by atoms with van der Waals surface area (Å²) in [5.41, 5.74) is -0.392. The van der Waals surface area contributed by atoms with E-state index in [-0.39, 0.29) is 11.4 Å². The van der Waals surface area contributed by atoms with Crippen molar-refractivity contribution in [2.24, 2.45) is 4.99 Å². The zero-order valence-corrected chi connectivity index (χ0v) is 14.9. The average molecular weight is 415 g/mol. The quantitative estimate of drug-likeness (QED) is 0.452. The third kappa shape index (κ3) is 4.19. The fourth-order valence-electron chi connectivity index (χ4n) is 2.18. The summed E-state index contributed by atoms with van der Waals surface area (Å²) in [5.74, 6) is -0.649. The lowest BCUT2D eigenvalue weighted by atomic mass is 10.1. The summed E-state index contributed by atoms with van der Waals surface area (Å²) in [6, 6.07) is 8.02. The number of aromatic hydroxyl groups is 1. The summed E-state index contributed by atoms with van der Waals surface area (Å²) in [7, 11) is 3.24. The number of rotatable bonds is 3. The van der Waals surface area contributed by atoms with Crippen LogP contribution in [0.4, 0.5) is 18.9 Å². The van der Waals surface area contributed by atoms with E-state index in [1.54, 1.807) is 32.3 Å². The van der Waals surface area contributed by atoms with Gasteiger partial charge in [-0.2, -0.15) is 13.2 Å². The van der Waals surface area contributed by atoms with Gasteiger partial charge in [0.2, 0.25) is 0 Å². The monoisotopic (exact) mass is 414 g/mol. The number of hydrogen-bond acceptors (Lipinski definition) is 3. The van der Waals surface area contributed by atoms with E-state index in [0.717, 1.165) is 12.1 Å². The Labute approximate surface area is 150 Å². The Morgan fingerprint density at radius 3 is 2.48 bits per heavy atom. The molecular weight excluding hydrogens is 401 g/mol. The summed E-state index contributed by atoms with van der Waals surface area (Å²) in [5, 5.41) is 9.48. The molecule has 0 aromatic heterocycles. The van der Waals surface area contributed by atoms with E-state index in [1.807, 2.05) is 0 Å². The van der Waals surface area contributed by atoms with Crippen molar-refractivity contribution in [3.05, 3.63) is 57.6 Å². The van der Waals surface area contributed by atoms with Gasteiger partial charge in [0.25, 0.3) is 0 Å². The number of phenols is 1. The molecule has 132 valence electrons. The van der Waals surface area contributed by atoms with E-state index >= 15 is 0 Å². The molecule has 0 atom stereocenters. The van der Waals surface area contributed by atoms with Crippen molar-refractivity contribution < 1.29 is 23.1 Å². The first-order chi connectivity index (χ1) is 11.6. The van der Waals surface area contributed by atoms with Gasteiger partial charge < -0.3 is 10.0 Å². The number of aliphatic imine (C=N–C) groups is 1. The lowest BCUT2D eigenvalue weighted by Gasteiger charge is -2.18. The van der Waals surface area contributed by atoms with Crippen LogP contribution in [0.3, 0.4) is 0 Å². The molecule has 8 heteroatoms. The minimum absolute atomic E-state index is 0.155. The average Bonchev–Trinajstić information content (AvgIpc) is 2.53. The molecule has 0 radical (unpaired) electrons. The molecule has 0 bridgehead atoms. The summed E-state index contributed by atoms with van der Waals surface area (Å²) in [6.45, 7) is 0. The number of hydrogen-bond donors (Lipinski definition) is 1. The first kappa shape index (κ1) is 19.0. The second-order valence-electron chi connectivity index (χ2n) is 5.36. The summed E-state index contributed by atoms with van der Waals surface area (Å²) >= 11 is 3.29. The molecule has 0 spiro atoms. The van der Waals surface area contributed by atoms with Crippen molar-refractivity contribution in [2.45, 2.75) is 6.18 Å². The standard InChI is InChI=1S/C17H14BrF3N2O2/c1-23(2)16(22-15-11(9-24)4-3-5-13(15)18)10-6-7-14(25)12(8-10)17(19,20)21/h3-9,25H,1-2H3. The Hall–Kier alpha value is -2.35. The van der Waals surface area contributed by atoms with Gasteiger partial charge in [-0.05, 0) is 46.3 Å². The molecule has 0 saturated carbocycles. The Morgan fingerprint density at radius 2 is 1.92 bits per heavy atom. The van der Waals surface area contributed by atoms with Gasteiger partial charge in [-0.25, -0.2) is 4.99 Å². The maximum absolute atomic E-state index is 13.0. The number of halogens is 4. The number of nitrogens with zero attached hydrogens (tertiary/aromatic N) is 2. The number of carbonyl (C=O) groups excluding carboxylic acids is 1. The van der Waals surface area contributed by atoms with Crippen molar-refractivity contribution in [3.63, 3.8) is 0 Å². The highest BCUT2D eigenvalue weighted by Gasteiger charge is 2.34. The van der Waals surface area contributed by atoms with Crippen LogP contribution in [0.25, 0.3) is 0 Å². The number of aldehydes is 1. The topological polar surface area (TPSA) is 52.9 Å². The zero-order valence-electron chi connectivity index (χ0n) is 13.3. The van der Waals surface area contributed by atoms with Crippen molar-refractivity contribution in [1.82, 2.24) is 4.90 Å². The molecule has 2 rings (SSSR count). The van der Waals surface area contributed by atoms with Gasteiger partial charge in [0.05, 0.1) is 11.3 Å². The summed E-state index contributed by atoms with van der Waals surface area (Å²) < 4.78 is 39.6. The lowest BCUT2D eigenvalue weighted by molar-refractivity contribution is -0.138. The molecule has 1 N–H and O–H groups in total. The van der Waals surface area contributed by atoms with Crippen molar-refractivity contribution >= 4 is 33.7 Å². The maximum Gasteiger partial charge on any atom is 0.419 e. The predicted molar refractivity (Wildman–Crippen MR) is 92.5 cm³/mol. The minimum Gasteiger partial charge on any atom is -0.507 e. The first-order valence-corrected chi connectivity index (χ1v) is 7.84. The predicted octanol–water partition coefficient (Wildman–Crippen LogP) is 4.63. The van der Waals surface area contributed by atoms with E-state index < -0.39 is 17.5 Å². The molecule has 4 nitrogen and oxygen atoms in total. The van der Waals surface area contributed by atoms with Gasteiger partial charge in [0, 0.05) is 29.7 Å². The molecule has 0 heterocycles. The van der Waals surface area contributed by atoms with Crippen LogP contribution in [0.15, 0.2) is 45.9 Å². The maximum atomic E-state index is 13.0. The van der Waals surface area contributed by atoms with Crippen molar-refractivity contribution in [2.75, 3.05) is 14.1 Å². The van der Waals surface area contributed by atoms with Crippen LogP contribution >= 0.6 is 15.9 Å². The fraction of sp³-hybridized carbons (Fsp3) is 0.176. The number of carbonyl (C=O) groups is 1. The molecule has 25 heavy (non-hydrogen) atoms. The number of phenolic OH excluding ortho intramolecular Hbond substituents is 1. The van der Waals surface area contributed by atoms with Crippen LogP contribution in [0.1, 0.15) is 21.5 Å². The smallest absolute Gasteiger partial charge is 0.419 e. The number of amidine groups is 1. The van der Waals surface area contributed by atoms with Crippen LogP contribution < -0.4 is 0 Å². The minimum atomic E-state index is -4.70. The van der Waals surface area contributed by atoms with Crippen LogP contribution in [0.2, 0.25) is 0 Å². The van der Waals surface area contributed by atoms with Gasteiger partial charge in [-0.1, -0.05) is 6.07 Å². The van der Waals surface area contributed by atoms with Crippen LogP contribution in [-0.2, 0) is 6.18 Å². The summed E-state index contributed by atoms with van der Waals surface area (Å²) in [6.07, 6.45) is -4.08. The second-order valence-corrected chi connectivity index (χ2v) is 6.21. The normalized spacial score (nSPS) is 12.2. The molecule has 0 saturated heterocycles. The molecule has 0 unspecified atom stereocenters. The van der Waals surface area contributed by atoms with Crippen molar-refractivity contribution in [3.8, 4) is 5.75 Å². The number of para-hydroxylation sites is 1. The Morgan fingerprint density at radius 1 is 1.24 bits per heavy atom. The highest BCUT2D eigenvalue weighted by atomic mass is 79.9. The van der Waals surface area contributed by atoms with Crippen molar-refractivity contribution in [1.29, 1.82) is 0 Å². The van der Waals surface area contributed by atoms with Crippen LogP contribution in [-0.4, -0.2) is 36.2 Å². The Kier molecular flexibility index (Phi) is 5.52. The first-order valence-electron chi connectivity index (χ1n) is 7.05. The second kappa shape index (κ2) is 7.26. The van der Waals surface area contributed by atoms with Crippen LogP contribution in [0.5, 0.6) is 5.75 Å². The molecule has 2 aromatic carbocycles. The van der Waals surface area contributed by atoms with Gasteiger partial charge in [0.15, 0.2) is 6.29 Å². The molecule has 0 fully saturated rings. The Bertz CT molecular complexity index is 833. The fourth-order valence-corrected chi connectivity index (χ4v) is 2.65. The highest BCUT2D eigenvalue weighted by molar-refractivity contribution is 9.10. The number of benzene rings is 2. The van der Waals surface area contributed by atoms with Gasteiger partial charge in [-0.15, -0.1) is 0 Å². The van der Waals surface area contributed by atoms with Gasteiger partial charge >= 0.3 is 6.18 Å². The van der Waals surface area contributed by atoms with E-state index in [1.165, 1.54) is 11.0 Å². The van der Waals surface area contributed by atoms with Gasteiger partial charge in [-0.3, -0.25) is 4.79 Å². The van der Waals surface area contributed by atoms with Gasteiger partial charge in [0.1, 0.15) is 11.6 Å².